The molecule has 82 valence electrons. The summed E-state index contributed by atoms with van der Waals surface area (Å²) in [6.45, 7) is 0. The van der Waals surface area contributed by atoms with Gasteiger partial charge in [-0.15, -0.1) is 11.3 Å². The van der Waals surface area contributed by atoms with Crippen LogP contribution in [0.25, 0.3) is 0 Å². The largest absolute Gasteiger partial charge is 0.478 e. The first-order valence-corrected chi connectivity index (χ1v) is 6.35. The Morgan fingerprint density at radius 3 is 2.94 bits per heavy atom. The predicted octanol–water partition coefficient (Wildman–Crippen LogP) is 3.65. The molecule has 0 aliphatic rings. The van der Waals surface area contributed by atoms with Crippen molar-refractivity contribution in [3.8, 4) is 0 Å². The zero-order valence-electron chi connectivity index (χ0n) is 7.88. The average Bonchev–Trinajstić information content (AvgIpc) is 2.73. The van der Waals surface area contributed by atoms with Crippen LogP contribution in [-0.4, -0.2) is 16.1 Å². The number of halogens is 1. The summed E-state index contributed by atoms with van der Waals surface area (Å²) in [6.07, 6.45) is 1.45. The number of carbonyl (C=O) groups is 1. The predicted molar refractivity (Wildman–Crippen MR) is 64.6 cm³/mol. The fourth-order valence-corrected chi connectivity index (χ4v) is 3.08. The minimum atomic E-state index is -1.04. The lowest BCUT2D eigenvalue weighted by Gasteiger charge is -2.03. The zero-order valence-corrected chi connectivity index (χ0v) is 10.3. The summed E-state index contributed by atoms with van der Waals surface area (Å²) < 4.78 is 1.02. The van der Waals surface area contributed by atoms with E-state index in [1.807, 2.05) is 17.5 Å². The van der Waals surface area contributed by atoms with Gasteiger partial charge < -0.3 is 5.11 Å². The van der Waals surface area contributed by atoms with Gasteiger partial charge in [0.25, 0.3) is 0 Å². The molecule has 2 heterocycles. The van der Waals surface area contributed by atoms with E-state index < -0.39 is 5.97 Å². The van der Waals surface area contributed by atoms with Crippen molar-refractivity contribution < 1.29 is 9.90 Å². The van der Waals surface area contributed by atoms with Crippen LogP contribution in [0.1, 0.15) is 10.4 Å². The Kier molecular flexibility index (Phi) is 3.48. The van der Waals surface area contributed by atoms with E-state index in [2.05, 4.69) is 4.98 Å². The summed E-state index contributed by atoms with van der Waals surface area (Å²) in [7, 11) is 0. The number of thiophene rings is 1. The van der Waals surface area contributed by atoms with Crippen LogP contribution < -0.4 is 0 Å². The van der Waals surface area contributed by atoms with Crippen molar-refractivity contribution in [2.24, 2.45) is 0 Å². The highest BCUT2D eigenvalue weighted by molar-refractivity contribution is 8.01. The van der Waals surface area contributed by atoms with Crippen LogP contribution in [0.2, 0.25) is 5.02 Å². The fourth-order valence-electron chi connectivity index (χ4n) is 1.08. The Morgan fingerprint density at radius 2 is 2.31 bits per heavy atom. The smallest absolute Gasteiger partial charge is 0.337 e. The second-order valence-corrected chi connectivity index (χ2v) is 5.43. The van der Waals surface area contributed by atoms with Gasteiger partial charge in [-0.3, -0.25) is 0 Å². The van der Waals surface area contributed by atoms with Gasteiger partial charge in [-0.1, -0.05) is 29.4 Å². The van der Waals surface area contributed by atoms with Gasteiger partial charge in [0, 0.05) is 6.20 Å². The quantitative estimate of drug-likeness (QED) is 0.926. The Morgan fingerprint density at radius 1 is 1.50 bits per heavy atom. The van der Waals surface area contributed by atoms with Crippen molar-refractivity contribution in [3.05, 3.63) is 40.4 Å². The molecule has 16 heavy (non-hydrogen) atoms. The van der Waals surface area contributed by atoms with Crippen LogP contribution in [0.4, 0.5) is 0 Å². The molecule has 0 aliphatic carbocycles. The van der Waals surface area contributed by atoms with Gasteiger partial charge in [0.05, 0.1) is 14.8 Å². The van der Waals surface area contributed by atoms with E-state index in [1.54, 1.807) is 11.3 Å². The van der Waals surface area contributed by atoms with Gasteiger partial charge in [-0.25, -0.2) is 9.78 Å². The van der Waals surface area contributed by atoms with E-state index in [-0.39, 0.29) is 10.6 Å². The Hall–Kier alpha value is -1.04. The van der Waals surface area contributed by atoms with Gasteiger partial charge >= 0.3 is 5.97 Å². The van der Waals surface area contributed by atoms with Crippen LogP contribution in [0.5, 0.6) is 0 Å². The molecule has 0 aromatic carbocycles. The highest BCUT2D eigenvalue weighted by Gasteiger charge is 2.14. The molecule has 0 bridgehead atoms. The van der Waals surface area contributed by atoms with Gasteiger partial charge in [0.15, 0.2) is 0 Å². The third-order valence-electron chi connectivity index (χ3n) is 1.78. The lowest BCUT2D eigenvalue weighted by Crippen LogP contribution is -1.98. The third kappa shape index (κ3) is 2.37. The fraction of sp³-hybridized carbons (Fsp3) is 0. The number of aromatic carboxylic acids is 1. The molecule has 0 saturated carbocycles. The van der Waals surface area contributed by atoms with E-state index in [9.17, 15) is 4.79 Å². The van der Waals surface area contributed by atoms with Crippen LogP contribution >= 0.6 is 34.7 Å². The Bertz CT molecular complexity index is 514. The minimum Gasteiger partial charge on any atom is -0.478 e. The van der Waals surface area contributed by atoms with Crippen molar-refractivity contribution in [2.45, 2.75) is 9.24 Å². The first-order chi connectivity index (χ1) is 7.68. The van der Waals surface area contributed by atoms with Crippen molar-refractivity contribution in [3.63, 3.8) is 0 Å². The number of rotatable bonds is 3. The van der Waals surface area contributed by atoms with E-state index >= 15 is 0 Å². The Labute approximate surface area is 105 Å². The van der Waals surface area contributed by atoms with E-state index in [4.69, 9.17) is 16.7 Å². The second kappa shape index (κ2) is 4.86. The first kappa shape index (κ1) is 11.4. The molecule has 0 spiro atoms. The van der Waals surface area contributed by atoms with E-state index in [1.165, 1.54) is 24.0 Å². The molecular weight excluding hydrogens is 266 g/mol. The van der Waals surface area contributed by atoms with Crippen LogP contribution in [0.3, 0.4) is 0 Å². The van der Waals surface area contributed by atoms with Crippen LogP contribution in [-0.2, 0) is 0 Å². The molecule has 0 unspecified atom stereocenters. The summed E-state index contributed by atoms with van der Waals surface area (Å²) in [5.74, 6) is -1.04. The highest BCUT2D eigenvalue weighted by atomic mass is 35.5. The summed E-state index contributed by atoms with van der Waals surface area (Å²) in [6, 6.07) is 5.24. The summed E-state index contributed by atoms with van der Waals surface area (Å²) in [5, 5.41) is 11.5. The SMILES string of the molecule is O=C(O)c1ccnc(Sc2cccs2)c1Cl. The van der Waals surface area contributed by atoms with Gasteiger partial charge in [-0.2, -0.15) is 0 Å². The maximum absolute atomic E-state index is 10.9. The molecule has 0 aliphatic heterocycles. The molecule has 0 saturated heterocycles. The number of hydrogen-bond acceptors (Lipinski definition) is 4. The maximum Gasteiger partial charge on any atom is 0.337 e. The molecule has 0 amide bonds. The van der Waals surface area contributed by atoms with Crippen molar-refractivity contribution in [2.75, 3.05) is 0 Å². The summed E-state index contributed by atoms with van der Waals surface area (Å²) >= 11 is 8.88. The molecule has 0 atom stereocenters. The third-order valence-corrected chi connectivity index (χ3v) is 4.32. The van der Waals surface area contributed by atoms with E-state index in [0.717, 1.165) is 4.21 Å². The monoisotopic (exact) mass is 271 g/mol. The van der Waals surface area contributed by atoms with Crippen LogP contribution in [0, 0.1) is 0 Å². The standard InChI is InChI=1S/C10H6ClNO2S2/c11-8-6(10(13)14)3-4-12-9(8)16-7-2-1-5-15-7/h1-5H,(H,13,14). The molecule has 0 radical (unpaired) electrons. The number of hydrogen-bond donors (Lipinski definition) is 1. The first-order valence-electron chi connectivity index (χ1n) is 4.27. The molecule has 2 aromatic rings. The van der Waals surface area contributed by atoms with Crippen molar-refractivity contribution in [1.29, 1.82) is 0 Å². The van der Waals surface area contributed by atoms with Crippen molar-refractivity contribution >= 4 is 40.7 Å². The van der Waals surface area contributed by atoms with Gasteiger partial charge in [0.1, 0.15) is 5.03 Å². The maximum atomic E-state index is 10.9. The molecule has 3 nitrogen and oxygen atoms in total. The van der Waals surface area contributed by atoms with Crippen LogP contribution in [0.15, 0.2) is 39.0 Å². The normalized spacial score (nSPS) is 10.3. The van der Waals surface area contributed by atoms with E-state index in [0.29, 0.717) is 5.03 Å². The number of nitrogens with zero attached hydrogens (tertiary/aromatic N) is 1. The van der Waals surface area contributed by atoms with Crippen molar-refractivity contribution in [1.82, 2.24) is 4.98 Å². The molecule has 1 N–H and O–H groups in total. The number of carboxylic acid groups (broad SMARTS) is 1. The van der Waals surface area contributed by atoms with Gasteiger partial charge in [-0.05, 0) is 17.5 Å². The molecular formula is C10H6ClNO2S2. The average molecular weight is 272 g/mol. The number of carboxylic acids is 1. The lowest BCUT2D eigenvalue weighted by molar-refractivity contribution is 0.0696. The molecule has 6 heteroatoms. The Balaban J connectivity index is 2.35. The topological polar surface area (TPSA) is 50.2 Å². The zero-order chi connectivity index (χ0) is 11.5. The second-order valence-electron chi connectivity index (χ2n) is 2.82. The lowest BCUT2D eigenvalue weighted by atomic mass is 10.3. The number of aromatic nitrogens is 1. The summed E-state index contributed by atoms with van der Waals surface area (Å²) in [5.41, 5.74) is 0.0794. The molecule has 2 rings (SSSR count). The van der Waals surface area contributed by atoms with Gasteiger partial charge in [0.2, 0.25) is 0 Å². The highest BCUT2D eigenvalue weighted by Crippen LogP contribution is 2.35. The summed E-state index contributed by atoms with van der Waals surface area (Å²) in [4.78, 5) is 14.9. The molecule has 0 fully saturated rings. The minimum absolute atomic E-state index is 0.0794. The number of pyridine rings is 1. The molecule has 2 aromatic heterocycles.